The van der Waals surface area contributed by atoms with Crippen molar-refractivity contribution in [2.75, 3.05) is 31.6 Å². The van der Waals surface area contributed by atoms with Gasteiger partial charge in [0.2, 0.25) is 10.0 Å². The Morgan fingerprint density at radius 1 is 1.19 bits per heavy atom. The molecule has 3 rings (SSSR count). The molecule has 0 spiro atoms. The summed E-state index contributed by atoms with van der Waals surface area (Å²) in [6, 6.07) is 5.15. The lowest BCUT2D eigenvalue weighted by Gasteiger charge is -2.26. The van der Waals surface area contributed by atoms with E-state index in [1.54, 1.807) is 0 Å². The van der Waals surface area contributed by atoms with E-state index in [0.717, 1.165) is 5.38 Å². The second kappa shape index (κ2) is 7.54. The van der Waals surface area contributed by atoms with E-state index in [-0.39, 0.29) is 28.7 Å². The highest BCUT2D eigenvalue weighted by Gasteiger charge is 2.34. The molecular weight excluding hydrogens is 407 g/mol. The summed E-state index contributed by atoms with van der Waals surface area (Å²) < 4.78 is 69.0. The lowest BCUT2D eigenvalue weighted by Crippen LogP contribution is -2.40. The van der Waals surface area contributed by atoms with Crippen molar-refractivity contribution >= 4 is 32.4 Å². The first-order chi connectivity index (χ1) is 12.7. The molecule has 7 nitrogen and oxygen atoms in total. The molecule has 0 saturated carbocycles. The second-order valence-electron chi connectivity index (χ2n) is 5.53. The Morgan fingerprint density at radius 2 is 1.81 bits per heavy atom. The normalized spacial score (nSPS) is 16.3. The third-order valence-electron chi connectivity index (χ3n) is 3.74. The van der Waals surface area contributed by atoms with Gasteiger partial charge in [0.05, 0.1) is 18.1 Å². The van der Waals surface area contributed by atoms with Gasteiger partial charge in [-0.2, -0.15) is 17.5 Å². The molecule has 1 amide bonds. The van der Waals surface area contributed by atoms with E-state index >= 15 is 0 Å². The molecule has 2 heterocycles. The number of carbonyl (C=O) groups is 1. The van der Waals surface area contributed by atoms with Crippen LogP contribution >= 0.6 is 11.3 Å². The first-order valence-corrected chi connectivity index (χ1v) is 10.0. The zero-order chi connectivity index (χ0) is 19.7. The maximum atomic E-state index is 12.5. The minimum absolute atomic E-state index is 0.0227. The smallest absolute Gasteiger partial charge is 0.379 e. The van der Waals surface area contributed by atoms with Crippen molar-refractivity contribution in [3.05, 3.63) is 40.9 Å². The molecule has 1 N–H and O–H groups in total. The Morgan fingerprint density at radius 3 is 2.37 bits per heavy atom. The number of halogens is 3. The average molecular weight is 421 g/mol. The number of nitrogens with one attached hydrogen (secondary N) is 1. The summed E-state index contributed by atoms with van der Waals surface area (Å²) in [7, 11) is -3.69. The number of nitrogens with zero attached hydrogens (tertiary/aromatic N) is 2. The van der Waals surface area contributed by atoms with Crippen LogP contribution in [-0.4, -0.2) is 49.9 Å². The van der Waals surface area contributed by atoms with Gasteiger partial charge in [-0.3, -0.25) is 10.1 Å². The summed E-state index contributed by atoms with van der Waals surface area (Å²) in [6.45, 7) is 1.12. The van der Waals surface area contributed by atoms with Gasteiger partial charge >= 0.3 is 6.18 Å². The SMILES string of the molecule is O=C(Nc1nc(C(F)(F)F)cs1)c1ccc(S(=O)(=O)N2CCOCC2)cc1. The van der Waals surface area contributed by atoms with Gasteiger partial charge in [-0.1, -0.05) is 0 Å². The summed E-state index contributed by atoms with van der Waals surface area (Å²) in [5.41, 5.74) is -0.991. The molecule has 0 aliphatic carbocycles. The molecule has 1 aromatic carbocycles. The van der Waals surface area contributed by atoms with Crippen molar-refractivity contribution < 1.29 is 31.1 Å². The van der Waals surface area contributed by atoms with Crippen LogP contribution in [0.15, 0.2) is 34.5 Å². The molecule has 0 unspecified atom stereocenters. The first kappa shape index (κ1) is 19.7. The second-order valence-corrected chi connectivity index (χ2v) is 8.33. The topological polar surface area (TPSA) is 88.6 Å². The zero-order valence-corrected chi connectivity index (χ0v) is 15.3. The van der Waals surface area contributed by atoms with Gasteiger partial charge in [-0.05, 0) is 24.3 Å². The lowest BCUT2D eigenvalue weighted by molar-refractivity contribution is -0.140. The van der Waals surface area contributed by atoms with Crippen molar-refractivity contribution in [2.45, 2.75) is 11.1 Å². The number of morpholine rings is 1. The molecule has 27 heavy (non-hydrogen) atoms. The van der Waals surface area contributed by atoms with Gasteiger partial charge in [0, 0.05) is 24.0 Å². The molecule has 1 aliphatic heterocycles. The van der Waals surface area contributed by atoms with Gasteiger partial charge in [0.1, 0.15) is 0 Å². The molecule has 2 aromatic rings. The summed E-state index contributed by atoms with van der Waals surface area (Å²) in [5.74, 6) is -0.687. The van der Waals surface area contributed by atoms with Crippen LogP contribution in [0.1, 0.15) is 16.1 Å². The molecule has 146 valence electrons. The van der Waals surface area contributed by atoms with E-state index in [0.29, 0.717) is 24.6 Å². The van der Waals surface area contributed by atoms with Crippen LogP contribution in [0.4, 0.5) is 18.3 Å². The molecule has 1 fully saturated rings. The molecule has 1 aliphatic rings. The first-order valence-electron chi connectivity index (χ1n) is 7.70. The average Bonchev–Trinajstić information content (AvgIpc) is 3.11. The van der Waals surface area contributed by atoms with E-state index in [2.05, 4.69) is 10.3 Å². The summed E-state index contributed by atoms with van der Waals surface area (Å²) in [5, 5.41) is 2.87. The number of rotatable bonds is 4. The van der Waals surface area contributed by atoms with Crippen LogP contribution in [0.5, 0.6) is 0 Å². The Kier molecular flexibility index (Phi) is 5.51. The van der Waals surface area contributed by atoms with Crippen molar-refractivity contribution in [3.8, 4) is 0 Å². The molecule has 12 heteroatoms. The molecule has 0 bridgehead atoms. The molecule has 1 saturated heterocycles. The van der Waals surface area contributed by atoms with Gasteiger partial charge < -0.3 is 4.74 Å². The minimum atomic E-state index is -4.59. The predicted molar refractivity (Wildman–Crippen MR) is 91.1 cm³/mol. The van der Waals surface area contributed by atoms with Gasteiger partial charge in [-0.25, -0.2) is 13.4 Å². The maximum absolute atomic E-state index is 12.5. The fourth-order valence-electron chi connectivity index (χ4n) is 2.34. The quantitative estimate of drug-likeness (QED) is 0.819. The summed E-state index contributed by atoms with van der Waals surface area (Å²) in [6.07, 6.45) is -4.59. The Hall–Kier alpha value is -2.02. The third-order valence-corrected chi connectivity index (χ3v) is 6.41. The number of benzene rings is 1. The molecule has 0 radical (unpaired) electrons. The number of aromatic nitrogens is 1. The summed E-state index contributed by atoms with van der Waals surface area (Å²) in [4.78, 5) is 15.5. The third kappa shape index (κ3) is 4.46. The lowest BCUT2D eigenvalue weighted by atomic mass is 10.2. The van der Waals surface area contributed by atoms with Crippen LogP contribution in [0.2, 0.25) is 0 Å². The molecule has 1 aromatic heterocycles. The Bertz CT molecular complexity index is 921. The van der Waals surface area contributed by atoms with E-state index in [4.69, 9.17) is 4.74 Å². The maximum Gasteiger partial charge on any atom is 0.434 e. The van der Waals surface area contributed by atoms with E-state index in [1.807, 2.05) is 0 Å². The van der Waals surface area contributed by atoms with Crippen LogP contribution in [0, 0.1) is 0 Å². The van der Waals surface area contributed by atoms with Gasteiger partial charge in [0.25, 0.3) is 5.91 Å². The zero-order valence-electron chi connectivity index (χ0n) is 13.7. The molecule has 0 atom stereocenters. The number of hydrogen-bond donors (Lipinski definition) is 1. The number of thiazole rings is 1. The Labute approximate surface area is 156 Å². The standard InChI is InChI=1S/C15H14F3N3O4S2/c16-15(17,18)12-9-26-14(19-12)20-13(22)10-1-3-11(4-2-10)27(23,24)21-5-7-25-8-6-21/h1-4,9H,5-8H2,(H,19,20,22). The van der Waals surface area contributed by atoms with E-state index in [1.165, 1.54) is 28.6 Å². The van der Waals surface area contributed by atoms with E-state index < -0.39 is 27.8 Å². The van der Waals surface area contributed by atoms with Crippen LogP contribution in [-0.2, 0) is 20.9 Å². The van der Waals surface area contributed by atoms with Gasteiger partial charge in [-0.15, -0.1) is 11.3 Å². The summed E-state index contributed by atoms with van der Waals surface area (Å²) >= 11 is 0.648. The molecular formula is C15H14F3N3O4S2. The fourth-order valence-corrected chi connectivity index (χ4v) is 4.47. The minimum Gasteiger partial charge on any atom is -0.379 e. The van der Waals surface area contributed by atoms with Crippen molar-refractivity contribution in [3.63, 3.8) is 0 Å². The van der Waals surface area contributed by atoms with Crippen LogP contribution in [0.25, 0.3) is 0 Å². The number of anilines is 1. The van der Waals surface area contributed by atoms with Crippen molar-refractivity contribution in [1.29, 1.82) is 0 Å². The van der Waals surface area contributed by atoms with Crippen molar-refractivity contribution in [1.82, 2.24) is 9.29 Å². The number of sulfonamides is 1. The number of hydrogen-bond acceptors (Lipinski definition) is 6. The number of alkyl halides is 3. The highest BCUT2D eigenvalue weighted by Crippen LogP contribution is 2.31. The monoisotopic (exact) mass is 421 g/mol. The largest absolute Gasteiger partial charge is 0.434 e. The van der Waals surface area contributed by atoms with E-state index in [9.17, 15) is 26.4 Å². The van der Waals surface area contributed by atoms with Gasteiger partial charge in [0.15, 0.2) is 10.8 Å². The highest BCUT2D eigenvalue weighted by molar-refractivity contribution is 7.89. The number of carbonyl (C=O) groups excluding carboxylic acids is 1. The van der Waals surface area contributed by atoms with Crippen molar-refractivity contribution in [2.24, 2.45) is 0 Å². The highest BCUT2D eigenvalue weighted by atomic mass is 32.2. The number of ether oxygens (including phenoxy) is 1. The van der Waals surface area contributed by atoms with Crippen LogP contribution < -0.4 is 5.32 Å². The van der Waals surface area contributed by atoms with Crippen LogP contribution in [0.3, 0.4) is 0 Å². The fraction of sp³-hybridized carbons (Fsp3) is 0.333. The predicted octanol–water partition coefficient (Wildman–Crippen LogP) is 2.44. The number of amides is 1. The Balaban J connectivity index is 1.71.